The Bertz CT molecular complexity index is 1170. The van der Waals surface area contributed by atoms with Crippen molar-refractivity contribution in [3.8, 4) is 16.9 Å². The number of amides is 1. The van der Waals surface area contributed by atoms with Gasteiger partial charge < -0.3 is 0 Å². The SMILES string of the molecule is NS(=O)(=O)c1ccc(-n2nc(C(=O)NN3CCCC3)cc2-c2ccc(Cl)cc2)cc1. The number of aromatic nitrogens is 2. The molecule has 1 aromatic heterocycles. The number of sulfonamides is 1. The molecule has 1 aliphatic rings. The van der Waals surface area contributed by atoms with Gasteiger partial charge in [0.05, 0.1) is 16.3 Å². The van der Waals surface area contributed by atoms with E-state index in [2.05, 4.69) is 10.5 Å². The molecule has 0 bridgehead atoms. The highest BCUT2D eigenvalue weighted by Gasteiger charge is 2.20. The zero-order valence-corrected chi connectivity index (χ0v) is 17.5. The first kappa shape index (κ1) is 20.5. The van der Waals surface area contributed by atoms with E-state index in [1.165, 1.54) is 12.1 Å². The van der Waals surface area contributed by atoms with E-state index in [0.29, 0.717) is 16.4 Å². The van der Waals surface area contributed by atoms with Crippen LogP contribution < -0.4 is 10.6 Å². The van der Waals surface area contributed by atoms with E-state index in [-0.39, 0.29) is 16.5 Å². The molecule has 0 saturated carbocycles. The summed E-state index contributed by atoms with van der Waals surface area (Å²) in [6, 6.07) is 14.9. The third-order valence-electron chi connectivity index (χ3n) is 4.86. The van der Waals surface area contributed by atoms with E-state index >= 15 is 0 Å². The van der Waals surface area contributed by atoms with Crippen LogP contribution in [-0.4, -0.2) is 42.2 Å². The second-order valence-corrected chi connectivity index (χ2v) is 9.01. The number of nitrogens with one attached hydrogen (secondary N) is 1. The number of carbonyl (C=O) groups is 1. The monoisotopic (exact) mass is 445 g/mol. The van der Waals surface area contributed by atoms with Crippen LogP contribution in [0.1, 0.15) is 23.3 Å². The number of hydrogen-bond acceptors (Lipinski definition) is 5. The number of benzene rings is 2. The fourth-order valence-electron chi connectivity index (χ4n) is 3.32. The Morgan fingerprint density at radius 2 is 1.67 bits per heavy atom. The highest BCUT2D eigenvalue weighted by atomic mass is 35.5. The Balaban J connectivity index is 1.74. The zero-order chi connectivity index (χ0) is 21.3. The van der Waals surface area contributed by atoms with Crippen LogP contribution in [0.25, 0.3) is 16.9 Å². The normalized spacial score (nSPS) is 14.7. The quantitative estimate of drug-likeness (QED) is 0.627. The molecule has 4 rings (SSSR count). The first-order valence-corrected chi connectivity index (χ1v) is 11.3. The number of halogens is 1. The minimum atomic E-state index is -3.80. The summed E-state index contributed by atoms with van der Waals surface area (Å²) in [5.74, 6) is -0.299. The van der Waals surface area contributed by atoms with Gasteiger partial charge in [-0.3, -0.25) is 10.2 Å². The van der Waals surface area contributed by atoms with Gasteiger partial charge in [-0.25, -0.2) is 23.2 Å². The zero-order valence-electron chi connectivity index (χ0n) is 16.0. The van der Waals surface area contributed by atoms with Crippen LogP contribution in [0, 0.1) is 0 Å². The third-order valence-corrected chi connectivity index (χ3v) is 6.04. The molecule has 1 aliphatic heterocycles. The van der Waals surface area contributed by atoms with Gasteiger partial charge in [-0.2, -0.15) is 5.10 Å². The molecule has 3 aromatic rings. The molecule has 0 radical (unpaired) electrons. The summed E-state index contributed by atoms with van der Waals surface area (Å²) in [6.07, 6.45) is 2.09. The fraction of sp³-hybridized carbons (Fsp3) is 0.200. The van der Waals surface area contributed by atoms with Gasteiger partial charge in [0.15, 0.2) is 5.69 Å². The molecule has 1 amide bonds. The Morgan fingerprint density at radius 3 is 2.27 bits per heavy atom. The number of nitrogens with zero attached hydrogens (tertiary/aromatic N) is 3. The molecule has 1 saturated heterocycles. The predicted molar refractivity (Wildman–Crippen MR) is 114 cm³/mol. The summed E-state index contributed by atoms with van der Waals surface area (Å²) >= 11 is 6.01. The topological polar surface area (TPSA) is 110 Å². The van der Waals surface area contributed by atoms with Crippen LogP contribution in [0.5, 0.6) is 0 Å². The summed E-state index contributed by atoms with van der Waals surface area (Å²) in [4.78, 5) is 12.7. The molecular formula is C20H20ClN5O3S. The maximum atomic E-state index is 12.7. The highest BCUT2D eigenvalue weighted by molar-refractivity contribution is 7.89. The summed E-state index contributed by atoms with van der Waals surface area (Å²) in [7, 11) is -3.80. The Hall–Kier alpha value is -2.72. The van der Waals surface area contributed by atoms with Crippen molar-refractivity contribution in [2.75, 3.05) is 13.1 Å². The molecule has 0 aliphatic carbocycles. The van der Waals surface area contributed by atoms with E-state index in [1.807, 2.05) is 17.1 Å². The lowest BCUT2D eigenvalue weighted by Gasteiger charge is -2.14. The van der Waals surface area contributed by atoms with E-state index in [4.69, 9.17) is 16.7 Å². The average molecular weight is 446 g/mol. The molecule has 8 nitrogen and oxygen atoms in total. The van der Waals surface area contributed by atoms with E-state index < -0.39 is 10.0 Å². The second-order valence-electron chi connectivity index (χ2n) is 7.01. The van der Waals surface area contributed by atoms with Crippen molar-refractivity contribution in [1.82, 2.24) is 20.2 Å². The van der Waals surface area contributed by atoms with Gasteiger partial charge in [0.25, 0.3) is 5.91 Å². The Morgan fingerprint density at radius 1 is 1.03 bits per heavy atom. The van der Waals surface area contributed by atoms with Crippen LogP contribution >= 0.6 is 11.6 Å². The van der Waals surface area contributed by atoms with Gasteiger partial charge in [-0.1, -0.05) is 23.7 Å². The molecule has 156 valence electrons. The molecule has 3 N–H and O–H groups in total. The Kier molecular flexibility index (Phi) is 5.61. The molecular weight excluding hydrogens is 426 g/mol. The minimum absolute atomic E-state index is 0.00144. The van der Waals surface area contributed by atoms with Crippen molar-refractivity contribution < 1.29 is 13.2 Å². The summed E-state index contributed by atoms with van der Waals surface area (Å²) in [5, 5.41) is 12.1. The minimum Gasteiger partial charge on any atom is -0.283 e. The lowest BCUT2D eigenvalue weighted by atomic mass is 10.1. The van der Waals surface area contributed by atoms with Crippen molar-refractivity contribution in [1.29, 1.82) is 0 Å². The first-order chi connectivity index (χ1) is 14.3. The molecule has 0 unspecified atom stereocenters. The summed E-state index contributed by atoms with van der Waals surface area (Å²) in [5.41, 5.74) is 5.20. The maximum absolute atomic E-state index is 12.7. The lowest BCUT2D eigenvalue weighted by molar-refractivity contribution is 0.0820. The van der Waals surface area contributed by atoms with Crippen molar-refractivity contribution in [3.05, 3.63) is 65.3 Å². The number of primary sulfonamides is 1. The lowest BCUT2D eigenvalue weighted by Crippen LogP contribution is -2.40. The number of hydrogen-bond donors (Lipinski definition) is 2. The van der Waals surface area contributed by atoms with Gasteiger partial charge in [-0.05, 0) is 55.3 Å². The van der Waals surface area contributed by atoms with Crippen LogP contribution in [-0.2, 0) is 10.0 Å². The average Bonchev–Trinajstić information content (AvgIpc) is 3.38. The largest absolute Gasteiger partial charge is 0.286 e. The van der Waals surface area contributed by atoms with Gasteiger partial charge in [0.2, 0.25) is 10.0 Å². The van der Waals surface area contributed by atoms with Crippen molar-refractivity contribution in [3.63, 3.8) is 0 Å². The van der Waals surface area contributed by atoms with Gasteiger partial charge in [0.1, 0.15) is 0 Å². The van der Waals surface area contributed by atoms with E-state index in [9.17, 15) is 13.2 Å². The predicted octanol–water partition coefficient (Wildman–Crippen LogP) is 2.58. The van der Waals surface area contributed by atoms with E-state index in [0.717, 1.165) is 31.5 Å². The van der Waals surface area contributed by atoms with Crippen molar-refractivity contribution in [2.24, 2.45) is 5.14 Å². The molecule has 1 fully saturated rings. The number of carbonyl (C=O) groups excluding carboxylic acids is 1. The third kappa shape index (κ3) is 4.39. The van der Waals surface area contributed by atoms with Gasteiger partial charge >= 0.3 is 0 Å². The van der Waals surface area contributed by atoms with Crippen LogP contribution in [0.3, 0.4) is 0 Å². The first-order valence-electron chi connectivity index (χ1n) is 9.36. The Labute approximate surface area is 179 Å². The molecule has 2 aromatic carbocycles. The van der Waals surface area contributed by atoms with Crippen molar-refractivity contribution in [2.45, 2.75) is 17.7 Å². The van der Waals surface area contributed by atoms with E-state index in [1.54, 1.807) is 35.0 Å². The van der Waals surface area contributed by atoms with Gasteiger partial charge in [0, 0.05) is 23.7 Å². The number of nitrogens with two attached hydrogens (primary N) is 1. The molecule has 0 atom stereocenters. The molecule has 2 heterocycles. The summed E-state index contributed by atoms with van der Waals surface area (Å²) in [6.45, 7) is 1.62. The summed E-state index contributed by atoms with van der Waals surface area (Å²) < 4.78 is 24.7. The van der Waals surface area contributed by atoms with Crippen molar-refractivity contribution >= 4 is 27.5 Å². The van der Waals surface area contributed by atoms with Gasteiger partial charge in [-0.15, -0.1) is 0 Å². The molecule has 10 heteroatoms. The standard InChI is InChI=1S/C20H20ClN5O3S/c21-15-5-3-14(4-6-15)19-13-18(20(27)24-25-11-1-2-12-25)23-26(19)16-7-9-17(10-8-16)30(22,28)29/h3-10,13H,1-2,11-12H2,(H,24,27)(H2,22,28,29). The van der Waals surface area contributed by atoms with Crippen LogP contribution in [0.15, 0.2) is 59.5 Å². The molecule has 0 spiro atoms. The smallest absolute Gasteiger partial charge is 0.283 e. The van der Waals surface area contributed by atoms with Crippen LogP contribution in [0.4, 0.5) is 0 Å². The second kappa shape index (κ2) is 8.19. The maximum Gasteiger partial charge on any atom is 0.286 e. The fourth-order valence-corrected chi connectivity index (χ4v) is 3.96. The molecule has 30 heavy (non-hydrogen) atoms. The number of hydrazine groups is 1. The highest BCUT2D eigenvalue weighted by Crippen LogP contribution is 2.26. The number of rotatable bonds is 5. The van der Waals surface area contributed by atoms with Crippen LogP contribution in [0.2, 0.25) is 5.02 Å².